The van der Waals surface area contributed by atoms with Gasteiger partial charge in [0.25, 0.3) is 0 Å². The van der Waals surface area contributed by atoms with Crippen LogP contribution in [0.3, 0.4) is 0 Å². The van der Waals surface area contributed by atoms with Gasteiger partial charge in [-0.05, 0) is 31.9 Å². The van der Waals surface area contributed by atoms with E-state index in [1.807, 2.05) is 26.0 Å². The van der Waals surface area contributed by atoms with E-state index < -0.39 is 0 Å². The van der Waals surface area contributed by atoms with Crippen molar-refractivity contribution in [1.82, 2.24) is 10.2 Å². The molecule has 1 aliphatic heterocycles. The Balaban J connectivity index is 0.00000200. The Labute approximate surface area is 139 Å². The van der Waals surface area contributed by atoms with Gasteiger partial charge >= 0.3 is 0 Å². The smallest absolute Gasteiger partial charge is 0.128 e. The van der Waals surface area contributed by atoms with Crippen LogP contribution in [0.4, 0.5) is 4.39 Å². The van der Waals surface area contributed by atoms with Crippen molar-refractivity contribution in [2.75, 3.05) is 26.2 Å². The van der Waals surface area contributed by atoms with Crippen LogP contribution in [0.2, 0.25) is 0 Å². The monoisotopic (exact) mass is 334 g/mol. The summed E-state index contributed by atoms with van der Waals surface area (Å²) in [4.78, 5) is 2.36. The molecule has 21 heavy (non-hydrogen) atoms. The fourth-order valence-electron chi connectivity index (χ4n) is 2.66. The van der Waals surface area contributed by atoms with Crippen LogP contribution in [0, 0.1) is 12.7 Å². The van der Waals surface area contributed by atoms with E-state index in [2.05, 4.69) is 16.8 Å². The number of aryl methyl sites for hydroxylation is 1. The van der Waals surface area contributed by atoms with E-state index in [9.17, 15) is 4.39 Å². The molecule has 2 rings (SSSR count). The molecule has 120 valence electrons. The molecule has 0 aromatic heterocycles. The number of nitrogens with one attached hydrogen (secondary N) is 1. The summed E-state index contributed by atoms with van der Waals surface area (Å²) in [5.41, 5.74) is 2.87. The number of hydrogen-bond acceptors (Lipinski definition) is 2. The van der Waals surface area contributed by atoms with E-state index >= 15 is 0 Å². The average Bonchev–Trinajstić information content (AvgIpc) is 2.37. The highest BCUT2D eigenvalue weighted by molar-refractivity contribution is 5.85. The van der Waals surface area contributed by atoms with Crippen molar-refractivity contribution < 1.29 is 4.39 Å². The molecule has 1 aliphatic rings. The molecule has 0 radical (unpaired) electrons. The van der Waals surface area contributed by atoms with E-state index in [4.69, 9.17) is 0 Å². The van der Waals surface area contributed by atoms with Crippen molar-refractivity contribution in [2.45, 2.75) is 26.3 Å². The Morgan fingerprint density at radius 3 is 2.48 bits per heavy atom. The number of rotatable bonds is 4. The second-order valence-electron chi connectivity index (χ2n) is 5.49. The van der Waals surface area contributed by atoms with Crippen molar-refractivity contribution in [3.8, 4) is 0 Å². The molecule has 5 heteroatoms. The fourth-order valence-corrected chi connectivity index (χ4v) is 2.66. The highest BCUT2D eigenvalue weighted by Crippen LogP contribution is 2.29. The Morgan fingerprint density at radius 1 is 1.33 bits per heavy atom. The maximum absolute atomic E-state index is 14.2. The van der Waals surface area contributed by atoms with Gasteiger partial charge in [0, 0.05) is 37.8 Å². The molecule has 0 aliphatic carbocycles. The summed E-state index contributed by atoms with van der Waals surface area (Å²) in [5.74, 6) is -0.0928. The Hall–Kier alpha value is -0.610. The zero-order chi connectivity index (χ0) is 13.8. The first-order valence-corrected chi connectivity index (χ1v) is 6.93. The van der Waals surface area contributed by atoms with Crippen molar-refractivity contribution in [1.29, 1.82) is 0 Å². The molecule has 1 fully saturated rings. The maximum atomic E-state index is 14.2. The molecular weight excluding hydrogens is 310 g/mol. The van der Waals surface area contributed by atoms with Crippen molar-refractivity contribution in [2.24, 2.45) is 0 Å². The van der Waals surface area contributed by atoms with Gasteiger partial charge in [-0.15, -0.1) is 31.4 Å². The van der Waals surface area contributed by atoms with Crippen molar-refractivity contribution in [3.05, 3.63) is 47.3 Å². The van der Waals surface area contributed by atoms with Gasteiger partial charge in [-0.25, -0.2) is 4.39 Å². The SMILES string of the molecule is C=C(C)C[C@@H](c1ccc(C)cc1F)N1CCNCC1.Cl.Cl. The molecule has 1 aromatic rings. The number of piperazine rings is 1. The minimum Gasteiger partial charge on any atom is -0.314 e. The van der Waals surface area contributed by atoms with Crippen LogP contribution in [0.1, 0.15) is 30.5 Å². The van der Waals surface area contributed by atoms with Crippen LogP contribution >= 0.6 is 24.8 Å². The maximum Gasteiger partial charge on any atom is 0.128 e. The predicted molar refractivity (Wildman–Crippen MR) is 92.2 cm³/mol. The third-order valence-electron chi connectivity index (χ3n) is 3.65. The molecule has 2 nitrogen and oxygen atoms in total. The molecule has 0 amide bonds. The second-order valence-corrected chi connectivity index (χ2v) is 5.49. The molecule has 1 saturated heterocycles. The molecular formula is C16H25Cl2FN2. The van der Waals surface area contributed by atoms with E-state index in [-0.39, 0.29) is 36.7 Å². The van der Waals surface area contributed by atoms with Crippen LogP contribution in [-0.4, -0.2) is 31.1 Å². The van der Waals surface area contributed by atoms with Gasteiger partial charge in [0.05, 0.1) is 0 Å². The minimum atomic E-state index is -0.0928. The average molecular weight is 335 g/mol. The normalized spacial score (nSPS) is 16.5. The lowest BCUT2D eigenvalue weighted by Gasteiger charge is -2.35. The summed E-state index contributed by atoms with van der Waals surface area (Å²) >= 11 is 0. The van der Waals surface area contributed by atoms with Crippen LogP contribution in [0.5, 0.6) is 0 Å². The first-order valence-electron chi connectivity index (χ1n) is 6.93. The largest absolute Gasteiger partial charge is 0.314 e. The Kier molecular flexibility index (Phi) is 9.14. The summed E-state index contributed by atoms with van der Waals surface area (Å²) in [6, 6.07) is 5.66. The molecule has 1 aromatic carbocycles. The van der Waals surface area contributed by atoms with Gasteiger partial charge in [-0.1, -0.05) is 17.7 Å². The van der Waals surface area contributed by atoms with Crippen molar-refractivity contribution >= 4 is 24.8 Å². The quantitative estimate of drug-likeness (QED) is 0.840. The van der Waals surface area contributed by atoms with Gasteiger partial charge in [-0.3, -0.25) is 4.90 Å². The molecule has 0 spiro atoms. The Bertz CT molecular complexity index is 460. The third kappa shape index (κ3) is 5.59. The van der Waals surface area contributed by atoms with Gasteiger partial charge in [-0.2, -0.15) is 0 Å². The first-order chi connectivity index (χ1) is 9.08. The molecule has 1 heterocycles. The van der Waals surface area contributed by atoms with E-state index in [0.29, 0.717) is 0 Å². The van der Waals surface area contributed by atoms with Gasteiger partial charge in [0.1, 0.15) is 5.82 Å². The topological polar surface area (TPSA) is 15.3 Å². The highest BCUT2D eigenvalue weighted by atomic mass is 35.5. The zero-order valence-corrected chi connectivity index (χ0v) is 14.3. The fraction of sp³-hybridized carbons (Fsp3) is 0.500. The first kappa shape index (κ1) is 20.4. The van der Waals surface area contributed by atoms with Crippen molar-refractivity contribution in [3.63, 3.8) is 0 Å². The molecule has 0 bridgehead atoms. The second kappa shape index (κ2) is 9.42. The van der Waals surface area contributed by atoms with E-state index in [1.165, 1.54) is 0 Å². The predicted octanol–water partition coefficient (Wildman–Crippen LogP) is 3.89. The summed E-state index contributed by atoms with van der Waals surface area (Å²) in [7, 11) is 0. The lowest BCUT2D eigenvalue weighted by Crippen LogP contribution is -2.45. The van der Waals surface area contributed by atoms with Gasteiger partial charge in [0.15, 0.2) is 0 Å². The van der Waals surface area contributed by atoms with E-state index in [1.54, 1.807) is 6.07 Å². The third-order valence-corrected chi connectivity index (χ3v) is 3.65. The Morgan fingerprint density at radius 2 is 1.95 bits per heavy atom. The lowest BCUT2D eigenvalue weighted by molar-refractivity contribution is 0.169. The lowest BCUT2D eigenvalue weighted by atomic mass is 9.96. The number of nitrogens with zero attached hydrogens (tertiary/aromatic N) is 1. The number of benzene rings is 1. The van der Waals surface area contributed by atoms with Crippen LogP contribution in [0.15, 0.2) is 30.4 Å². The summed E-state index contributed by atoms with van der Waals surface area (Å²) in [5, 5.41) is 3.34. The highest BCUT2D eigenvalue weighted by Gasteiger charge is 2.24. The zero-order valence-electron chi connectivity index (χ0n) is 12.7. The summed E-state index contributed by atoms with van der Waals surface area (Å²) in [6.45, 7) is 11.8. The van der Waals surface area contributed by atoms with Crippen LogP contribution in [0.25, 0.3) is 0 Å². The summed E-state index contributed by atoms with van der Waals surface area (Å²) < 4.78 is 14.2. The molecule has 0 unspecified atom stereocenters. The standard InChI is InChI=1S/C16H23FN2.2ClH/c1-12(2)10-16(19-8-6-18-7-9-19)14-5-4-13(3)11-15(14)17;;/h4-5,11,16,18H,1,6-10H2,2-3H3;2*1H/t16-;;/m0../s1. The molecule has 1 atom stereocenters. The van der Waals surface area contributed by atoms with Crippen LogP contribution < -0.4 is 5.32 Å². The number of hydrogen-bond donors (Lipinski definition) is 1. The molecule has 0 saturated carbocycles. The number of halogens is 3. The van der Waals surface area contributed by atoms with Gasteiger partial charge < -0.3 is 5.32 Å². The van der Waals surface area contributed by atoms with Crippen LogP contribution in [-0.2, 0) is 0 Å². The van der Waals surface area contributed by atoms with E-state index in [0.717, 1.165) is 49.3 Å². The molecule has 1 N–H and O–H groups in total. The van der Waals surface area contributed by atoms with Gasteiger partial charge in [0.2, 0.25) is 0 Å². The summed E-state index contributed by atoms with van der Waals surface area (Å²) in [6.07, 6.45) is 0.819. The minimum absolute atomic E-state index is 0.